The first kappa shape index (κ1) is 13.5. The summed E-state index contributed by atoms with van der Waals surface area (Å²) in [6.45, 7) is 0.832. The van der Waals surface area contributed by atoms with Gasteiger partial charge in [-0.25, -0.2) is 14.3 Å². The molecule has 0 saturated heterocycles. The summed E-state index contributed by atoms with van der Waals surface area (Å²) in [5.41, 5.74) is -0.139. The molecule has 2 rings (SSSR count). The molecule has 106 valence electrons. The monoisotopic (exact) mass is 280 g/mol. The number of carbonyl (C=O) groups excluding carboxylic acids is 1. The molecular weight excluding hydrogens is 268 g/mol. The highest BCUT2D eigenvalue weighted by molar-refractivity contribution is 5.84. The number of rotatable bonds is 6. The van der Waals surface area contributed by atoms with E-state index in [9.17, 15) is 9.59 Å². The predicted molar refractivity (Wildman–Crippen MR) is 63.7 cm³/mol. The van der Waals surface area contributed by atoms with Crippen LogP contribution in [0.5, 0.6) is 0 Å². The smallest absolute Gasteiger partial charge is 0.358 e. The lowest BCUT2D eigenvalue weighted by Gasteiger charge is -2.05. The SMILES string of the molecule is O=C(NCCn1cc(C(=O)O)nn1)NCc1ccno1. The van der Waals surface area contributed by atoms with Crippen LogP contribution in [0.15, 0.2) is 23.0 Å². The third-order valence-corrected chi connectivity index (χ3v) is 2.30. The first-order valence-electron chi connectivity index (χ1n) is 5.70. The largest absolute Gasteiger partial charge is 0.476 e. The van der Waals surface area contributed by atoms with Crippen LogP contribution in [0.1, 0.15) is 16.2 Å². The van der Waals surface area contributed by atoms with Crippen molar-refractivity contribution in [1.29, 1.82) is 0 Å². The quantitative estimate of drug-likeness (QED) is 0.646. The van der Waals surface area contributed by atoms with Crippen LogP contribution in [0, 0.1) is 0 Å². The van der Waals surface area contributed by atoms with Gasteiger partial charge in [-0.15, -0.1) is 5.10 Å². The number of aromatic carboxylic acids is 1. The molecule has 20 heavy (non-hydrogen) atoms. The second-order valence-electron chi connectivity index (χ2n) is 3.76. The van der Waals surface area contributed by atoms with Gasteiger partial charge < -0.3 is 20.3 Å². The van der Waals surface area contributed by atoms with Crippen molar-refractivity contribution >= 4 is 12.0 Å². The Kier molecular flexibility index (Phi) is 4.27. The molecule has 0 aliphatic rings. The van der Waals surface area contributed by atoms with Crippen LogP contribution in [0.4, 0.5) is 4.79 Å². The van der Waals surface area contributed by atoms with Crippen molar-refractivity contribution in [2.75, 3.05) is 6.54 Å². The number of carboxylic acids is 1. The molecule has 0 fully saturated rings. The highest BCUT2D eigenvalue weighted by Gasteiger charge is 2.08. The molecular formula is C10H12N6O4. The zero-order chi connectivity index (χ0) is 14.4. The maximum atomic E-state index is 11.4. The Morgan fingerprint density at radius 2 is 2.25 bits per heavy atom. The van der Waals surface area contributed by atoms with Crippen LogP contribution in [-0.4, -0.2) is 43.8 Å². The zero-order valence-corrected chi connectivity index (χ0v) is 10.3. The topological polar surface area (TPSA) is 135 Å². The Labute approximate surface area is 112 Å². The van der Waals surface area contributed by atoms with Crippen molar-refractivity contribution in [3.63, 3.8) is 0 Å². The molecule has 10 heteroatoms. The van der Waals surface area contributed by atoms with Gasteiger partial charge in [-0.05, 0) is 0 Å². The average molecular weight is 280 g/mol. The molecule has 10 nitrogen and oxygen atoms in total. The van der Waals surface area contributed by atoms with Gasteiger partial charge in [0.25, 0.3) is 0 Å². The molecule has 2 amide bonds. The van der Waals surface area contributed by atoms with E-state index in [0.717, 1.165) is 0 Å². The number of nitrogens with one attached hydrogen (secondary N) is 2. The standard InChI is InChI=1S/C10H12N6O4/c17-9(18)8-6-16(15-14-8)4-3-11-10(19)12-5-7-1-2-13-20-7/h1-2,6H,3-5H2,(H,17,18)(H2,11,12,19). The van der Waals surface area contributed by atoms with Crippen LogP contribution in [0.3, 0.4) is 0 Å². The summed E-state index contributed by atoms with van der Waals surface area (Å²) in [5, 5.41) is 24.4. The van der Waals surface area contributed by atoms with Gasteiger partial charge in [0.2, 0.25) is 0 Å². The van der Waals surface area contributed by atoms with E-state index < -0.39 is 5.97 Å². The van der Waals surface area contributed by atoms with Crippen LogP contribution < -0.4 is 10.6 Å². The van der Waals surface area contributed by atoms with Gasteiger partial charge in [-0.1, -0.05) is 10.4 Å². The van der Waals surface area contributed by atoms with Crippen molar-refractivity contribution < 1.29 is 19.2 Å². The molecule has 0 atom stereocenters. The number of aromatic nitrogens is 4. The van der Waals surface area contributed by atoms with Crippen molar-refractivity contribution in [2.45, 2.75) is 13.1 Å². The Morgan fingerprint density at radius 1 is 1.40 bits per heavy atom. The van der Waals surface area contributed by atoms with Crippen molar-refractivity contribution in [3.8, 4) is 0 Å². The van der Waals surface area contributed by atoms with Crippen molar-refractivity contribution in [1.82, 2.24) is 30.8 Å². The Balaban J connectivity index is 1.67. The fourth-order valence-electron chi connectivity index (χ4n) is 1.35. The number of hydrogen-bond donors (Lipinski definition) is 3. The third kappa shape index (κ3) is 3.80. The van der Waals surface area contributed by atoms with Crippen LogP contribution in [0.2, 0.25) is 0 Å². The van der Waals surface area contributed by atoms with Crippen molar-refractivity contribution in [3.05, 3.63) is 29.9 Å². The maximum Gasteiger partial charge on any atom is 0.358 e. The van der Waals surface area contributed by atoms with E-state index in [-0.39, 0.29) is 24.8 Å². The van der Waals surface area contributed by atoms with E-state index in [1.165, 1.54) is 17.1 Å². The second kappa shape index (κ2) is 6.31. The van der Waals surface area contributed by atoms with Gasteiger partial charge in [-0.2, -0.15) is 0 Å². The number of amides is 2. The van der Waals surface area contributed by atoms with Crippen LogP contribution >= 0.6 is 0 Å². The predicted octanol–water partition coefficient (Wildman–Crippen LogP) is -0.536. The minimum atomic E-state index is -1.14. The second-order valence-corrected chi connectivity index (χ2v) is 3.76. The first-order valence-corrected chi connectivity index (χ1v) is 5.70. The fourth-order valence-corrected chi connectivity index (χ4v) is 1.35. The van der Waals surface area contributed by atoms with Crippen LogP contribution in [0.25, 0.3) is 0 Å². The summed E-state index contributed by atoms with van der Waals surface area (Å²) < 4.78 is 6.15. The summed E-state index contributed by atoms with van der Waals surface area (Å²) >= 11 is 0. The Morgan fingerprint density at radius 3 is 2.90 bits per heavy atom. The van der Waals surface area contributed by atoms with Gasteiger partial charge in [0.1, 0.15) is 0 Å². The lowest BCUT2D eigenvalue weighted by atomic mass is 10.4. The van der Waals surface area contributed by atoms with E-state index in [4.69, 9.17) is 9.63 Å². The molecule has 2 aromatic rings. The molecule has 0 saturated carbocycles. The maximum absolute atomic E-state index is 11.4. The minimum absolute atomic E-state index is 0.139. The Hall–Kier alpha value is -2.91. The summed E-state index contributed by atoms with van der Waals surface area (Å²) in [6, 6.07) is 1.27. The van der Waals surface area contributed by atoms with Gasteiger partial charge in [0.05, 0.1) is 25.5 Å². The average Bonchev–Trinajstić information content (AvgIpc) is 3.07. The number of nitrogens with zero attached hydrogens (tertiary/aromatic N) is 4. The molecule has 3 N–H and O–H groups in total. The van der Waals surface area contributed by atoms with Crippen LogP contribution in [-0.2, 0) is 13.1 Å². The van der Waals surface area contributed by atoms with Gasteiger partial charge in [0, 0.05) is 12.6 Å². The molecule has 0 radical (unpaired) electrons. The third-order valence-electron chi connectivity index (χ3n) is 2.30. The number of carboxylic acid groups (broad SMARTS) is 1. The molecule has 0 unspecified atom stereocenters. The summed E-state index contributed by atoms with van der Waals surface area (Å²) in [5.74, 6) is -0.600. The van der Waals surface area contributed by atoms with Gasteiger partial charge in [-0.3, -0.25) is 0 Å². The highest BCUT2D eigenvalue weighted by atomic mass is 16.5. The number of carbonyl (C=O) groups is 2. The van der Waals surface area contributed by atoms with Crippen molar-refractivity contribution in [2.24, 2.45) is 0 Å². The normalized spacial score (nSPS) is 10.2. The molecule has 0 aliphatic heterocycles. The van der Waals surface area contributed by atoms with E-state index in [0.29, 0.717) is 12.3 Å². The molecule has 2 aromatic heterocycles. The van der Waals surface area contributed by atoms with Gasteiger partial charge in [0.15, 0.2) is 11.5 Å². The van der Waals surface area contributed by atoms with E-state index in [1.54, 1.807) is 6.07 Å². The summed E-state index contributed by atoms with van der Waals surface area (Å²) in [4.78, 5) is 22.0. The first-order chi connectivity index (χ1) is 9.65. The number of urea groups is 1. The molecule has 2 heterocycles. The summed E-state index contributed by atoms with van der Waals surface area (Å²) in [6.07, 6.45) is 2.77. The van der Waals surface area contributed by atoms with Gasteiger partial charge >= 0.3 is 12.0 Å². The molecule has 0 aliphatic carbocycles. The summed E-state index contributed by atoms with van der Waals surface area (Å²) in [7, 11) is 0. The molecule has 0 spiro atoms. The lowest BCUT2D eigenvalue weighted by molar-refractivity contribution is 0.0690. The zero-order valence-electron chi connectivity index (χ0n) is 10.3. The fraction of sp³-hybridized carbons (Fsp3) is 0.300. The minimum Gasteiger partial charge on any atom is -0.476 e. The lowest BCUT2D eigenvalue weighted by Crippen LogP contribution is -2.36. The molecule has 0 aromatic carbocycles. The van der Waals surface area contributed by atoms with E-state index in [1.807, 2.05) is 0 Å². The Bertz CT molecular complexity index is 578. The van der Waals surface area contributed by atoms with E-state index >= 15 is 0 Å². The number of hydrogen-bond acceptors (Lipinski definition) is 6. The molecule has 0 bridgehead atoms. The van der Waals surface area contributed by atoms with E-state index in [2.05, 4.69) is 26.1 Å². The highest BCUT2D eigenvalue weighted by Crippen LogP contribution is 1.94.